The van der Waals surface area contributed by atoms with Crippen LogP contribution in [-0.4, -0.2) is 24.5 Å². The van der Waals surface area contributed by atoms with Gasteiger partial charge in [-0.1, -0.05) is 38.1 Å². The first-order chi connectivity index (χ1) is 9.60. The first kappa shape index (κ1) is 15.5. The van der Waals surface area contributed by atoms with Gasteiger partial charge in [-0.25, -0.2) is 0 Å². The average Bonchev–Trinajstić information content (AvgIpc) is 2.48. The van der Waals surface area contributed by atoms with Crippen LogP contribution in [0.15, 0.2) is 24.3 Å². The molecule has 0 aromatic heterocycles. The van der Waals surface area contributed by atoms with Crippen LogP contribution in [-0.2, 0) is 6.54 Å². The molecule has 1 aromatic carbocycles. The molecule has 1 atom stereocenters. The molecule has 0 amide bonds. The van der Waals surface area contributed by atoms with Gasteiger partial charge in [-0.2, -0.15) is 0 Å². The van der Waals surface area contributed by atoms with Gasteiger partial charge in [-0.15, -0.1) is 0 Å². The Kier molecular flexibility index (Phi) is 5.62. The van der Waals surface area contributed by atoms with Crippen LogP contribution in [0, 0.1) is 5.92 Å². The minimum absolute atomic E-state index is 0.460. The molecule has 20 heavy (non-hydrogen) atoms. The van der Waals surface area contributed by atoms with E-state index in [1.807, 2.05) is 0 Å². The molecule has 0 radical (unpaired) electrons. The van der Waals surface area contributed by atoms with Gasteiger partial charge in [0, 0.05) is 12.6 Å². The Morgan fingerprint density at radius 3 is 2.30 bits per heavy atom. The second-order valence-electron chi connectivity index (χ2n) is 6.71. The third-order valence-electron chi connectivity index (χ3n) is 4.94. The van der Waals surface area contributed by atoms with Gasteiger partial charge in [0.05, 0.1) is 0 Å². The van der Waals surface area contributed by atoms with E-state index in [1.54, 1.807) is 0 Å². The molecule has 0 aliphatic heterocycles. The molecule has 2 heteroatoms. The maximum Gasteiger partial charge on any atom is 0.0233 e. The van der Waals surface area contributed by atoms with E-state index >= 15 is 0 Å². The molecule has 1 aromatic rings. The van der Waals surface area contributed by atoms with E-state index in [1.165, 1.54) is 36.8 Å². The smallest absolute Gasteiger partial charge is 0.0233 e. The lowest BCUT2D eigenvalue weighted by Gasteiger charge is -2.33. The molecule has 0 saturated heterocycles. The molecule has 0 bridgehead atoms. The fourth-order valence-electron chi connectivity index (χ4n) is 3.19. The lowest BCUT2D eigenvalue weighted by Crippen LogP contribution is -2.34. The molecule has 2 N–H and O–H groups in total. The third-order valence-corrected chi connectivity index (χ3v) is 4.94. The lowest BCUT2D eigenvalue weighted by atomic mass is 9.86. The fourth-order valence-corrected chi connectivity index (χ4v) is 3.19. The summed E-state index contributed by atoms with van der Waals surface area (Å²) in [6.45, 7) is 6.35. The normalized spacial score (nSPS) is 24.9. The summed E-state index contributed by atoms with van der Waals surface area (Å²) in [5, 5.41) is 0. The molecule has 1 unspecified atom stereocenters. The topological polar surface area (TPSA) is 29.3 Å². The van der Waals surface area contributed by atoms with Gasteiger partial charge in [-0.05, 0) is 62.2 Å². The van der Waals surface area contributed by atoms with Crippen molar-refractivity contribution in [2.24, 2.45) is 11.7 Å². The van der Waals surface area contributed by atoms with Crippen molar-refractivity contribution in [3.8, 4) is 0 Å². The summed E-state index contributed by atoms with van der Waals surface area (Å²) in [4.78, 5) is 2.53. The van der Waals surface area contributed by atoms with Gasteiger partial charge in [-0.3, -0.25) is 4.90 Å². The van der Waals surface area contributed by atoms with E-state index in [0.29, 0.717) is 5.92 Å². The van der Waals surface area contributed by atoms with Gasteiger partial charge in [0.15, 0.2) is 0 Å². The maximum atomic E-state index is 5.72. The summed E-state index contributed by atoms with van der Waals surface area (Å²) in [6, 6.07) is 9.79. The van der Waals surface area contributed by atoms with Gasteiger partial charge >= 0.3 is 0 Å². The summed E-state index contributed by atoms with van der Waals surface area (Å²) >= 11 is 0. The van der Waals surface area contributed by atoms with E-state index in [9.17, 15) is 0 Å². The second kappa shape index (κ2) is 7.24. The van der Waals surface area contributed by atoms with Gasteiger partial charge in [0.2, 0.25) is 0 Å². The van der Waals surface area contributed by atoms with Crippen molar-refractivity contribution in [1.29, 1.82) is 0 Å². The van der Waals surface area contributed by atoms with Crippen LogP contribution < -0.4 is 5.73 Å². The van der Waals surface area contributed by atoms with Crippen LogP contribution in [0.5, 0.6) is 0 Å². The molecular formula is C18H30N2. The van der Waals surface area contributed by atoms with Gasteiger partial charge in [0.1, 0.15) is 0 Å². The van der Waals surface area contributed by atoms with E-state index in [4.69, 9.17) is 5.73 Å². The van der Waals surface area contributed by atoms with Crippen molar-refractivity contribution in [1.82, 2.24) is 4.90 Å². The molecular weight excluding hydrogens is 244 g/mol. The highest BCUT2D eigenvalue weighted by Gasteiger charge is 2.21. The van der Waals surface area contributed by atoms with E-state index < -0.39 is 0 Å². The predicted molar refractivity (Wildman–Crippen MR) is 86.8 cm³/mol. The average molecular weight is 274 g/mol. The highest BCUT2D eigenvalue weighted by Crippen LogP contribution is 2.27. The van der Waals surface area contributed by atoms with Crippen molar-refractivity contribution in [2.75, 3.05) is 13.6 Å². The van der Waals surface area contributed by atoms with Crippen LogP contribution >= 0.6 is 0 Å². The first-order valence-electron chi connectivity index (χ1n) is 8.09. The minimum Gasteiger partial charge on any atom is -0.330 e. The zero-order chi connectivity index (χ0) is 14.5. The van der Waals surface area contributed by atoms with Crippen molar-refractivity contribution >= 4 is 0 Å². The number of nitrogens with two attached hydrogens (primary N) is 1. The van der Waals surface area contributed by atoms with Crippen LogP contribution in [0.3, 0.4) is 0 Å². The zero-order valence-corrected chi connectivity index (χ0v) is 13.3. The number of hydrogen-bond donors (Lipinski definition) is 1. The van der Waals surface area contributed by atoms with E-state index in [0.717, 1.165) is 25.0 Å². The van der Waals surface area contributed by atoms with Crippen molar-refractivity contribution in [3.05, 3.63) is 35.4 Å². The minimum atomic E-state index is 0.460. The SMILES string of the molecule is CC1CCC(N(C)Cc2ccc(C(C)CN)cc2)CC1. The van der Waals surface area contributed by atoms with Crippen LogP contribution in [0.1, 0.15) is 56.6 Å². The molecule has 1 saturated carbocycles. The monoisotopic (exact) mass is 274 g/mol. The van der Waals surface area contributed by atoms with Gasteiger partial charge in [0.25, 0.3) is 0 Å². The Morgan fingerprint density at radius 2 is 1.75 bits per heavy atom. The number of rotatable bonds is 5. The lowest BCUT2D eigenvalue weighted by molar-refractivity contribution is 0.164. The summed E-state index contributed by atoms with van der Waals surface area (Å²) in [5.74, 6) is 1.39. The van der Waals surface area contributed by atoms with Crippen LogP contribution in [0.4, 0.5) is 0 Å². The third kappa shape index (κ3) is 4.07. The van der Waals surface area contributed by atoms with Crippen LogP contribution in [0.2, 0.25) is 0 Å². The number of hydrogen-bond acceptors (Lipinski definition) is 2. The van der Waals surface area contributed by atoms with Crippen LogP contribution in [0.25, 0.3) is 0 Å². The second-order valence-corrected chi connectivity index (χ2v) is 6.71. The Hall–Kier alpha value is -0.860. The number of nitrogens with zero attached hydrogens (tertiary/aromatic N) is 1. The van der Waals surface area contributed by atoms with Crippen molar-refractivity contribution in [3.63, 3.8) is 0 Å². The highest BCUT2D eigenvalue weighted by atomic mass is 15.1. The molecule has 1 aliphatic carbocycles. The molecule has 1 fully saturated rings. The van der Waals surface area contributed by atoms with E-state index in [-0.39, 0.29) is 0 Å². The molecule has 112 valence electrons. The largest absolute Gasteiger partial charge is 0.330 e. The van der Waals surface area contributed by atoms with E-state index in [2.05, 4.69) is 50.1 Å². The summed E-state index contributed by atoms with van der Waals surface area (Å²) < 4.78 is 0. The number of benzene rings is 1. The molecule has 2 rings (SSSR count). The van der Waals surface area contributed by atoms with Crippen molar-refractivity contribution in [2.45, 2.75) is 58.0 Å². The quantitative estimate of drug-likeness (QED) is 0.886. The predicted octanol–water partition coefficient (Wildman–Crippen LogP) is 3.76. The standard InChI is InChI=1S/C18H30N2/c1-14-4-10-18(11-5-14)20(3)13-16-6-8-17(9-7-16)15(2)12-19/h6-9,14-15,18H,4-5,10-13,19H2,1-3H3. The zero-order valence-electron chi connectivity index (χ0n) is 13.3. The van der Waals surface area contributed by atoms with Gasteiger partial charge < -0.3 is 5.73 Å². The maximum absolute atomic E-state index is 5.72. The highest BCUT2D eigenvalue weighted by molar-refractivity contribution is 5.25. The fraction of sp³-hybridized carbons (Fsp3) is 0.667. The molecule has 0 spiro atoms. The Bertz CT molecular complexity index is 390. The Balaban J connectivity index is 1.89. The molecule has 2 nitrogen and oxygen atoms in total. The summed E-state index contributed by atoms with van der Waals surface area (Å²) in [6.07, 6.45) is 5.50. The first-order valence-corrected chi connectivity index (χ1v) is 8.09. The summed E-state index contributed by atoms with van der Waals surface area (Å²) in [5.41, 5.74) is 8.49. The van der Waals surface area contributed by atoms with Crippen molar-refractivity contribution < 1.29 is 0 Å². The Morgan fingerprint density at radius 1 is 1.15 bits per heavy atom. The summed E-state index contributed by atoms with van der Waals surface area (Å²) in [7, 11) is 2.27. The molecule has 1 aliphatic rings. The Labute approximate surface area is 124 Å². The molecule has 0 heterocycles.